The number of carbonyl (C=O) groups is 3. The third kappa shape index (κ3) is 5.62. The van der Waals surface area contributed by atoms with Gasteiger partial charge in [-0.25, -0.2) is 4.79 Å². The molecule has 2 amide bonds. The van der Waals surface area contributed by atoms with Crippen LogP contribution in [0.2, 0.25) is 0 Å². The van der Waals surface area contributed by atoms with E-state index in [-0.39, 0.29) is 30.1 Å². The Labute approximate surface area is 199 Å². The fraction of sp³-hybridized carbons (Fsp3) is 0.182. The number of thioether (sulfide) groups is 1. The van der Waals surface area contributed by atoms with Crippen molar-refractivity contribution in [2.24, 2.45) is 0 Å². The number of hydrogen-bond acceptors (Lipinski definition) is 8. The zero-order chi connectivity index (χ0) is 24.1. The lowest BCUT2D eigenvalue weighted by molar-refractivity contribution is -0.122. The first-order valence-corrected chi connectivity index (χ1v) is 10.8. The maximum absolute atomic E-state index is 12.8. The minimum Gasteiger partial charge on any atom is -0.507 e. The molecular formula is C22H20N2O7S2. The van der Waals surface area contributed by atoms with Gasteiger partial charge < -0.3 is 25.0 Å². The van der Waals surface area contributed by atoms with Crippen molar-refractivity contribution >= 4 is 57.8 Å². The van der Waals surface area contributed by atoms with Crippen molar-refractivity contribution in [3.63, 3.8) is 0 Å². The number of benzene rings is 2. The van der Waals surface area contributed by atoms with Crippen molar-refractivity contribution in [3.05, 3.63) is 52.4 Å². The monoisotopic (exact) mass is 488 g/mol. The van der Waals surface area contributed by atoms with E-state index >= 15 is 0 Å². The predicted molar refractivity (Wildman–Crippen MR) is 128 cm³/mol. The number of thiocarbonyl (C=S) groups is 1. The highest BCUT2D eigenvalue weighted by Gasteiger charge is 2.32. The summed E-state index contributed by atoms with van der Waals surface area (Å²) < 4.78 is 10.8. The smallest absolute Gasteiger partial charge is 0.339 e. The minimum atomic E-state index is -1.32. The SMILES string of the molecule is COc1ccc(C=C2SC(=S)N(CCC(=O)Nc3ccc(O)c(C(=O)O)c3)C2=O)cc1OC. The van der Waals surface area contributed by atoms with Crippen molar-refractivity contribution < 1.29 is 34.1 Å². The van der Waals surface area contributed by atoms with Crippen LogP contribution in [-0.4, -0.2) is 58.0 Å². The molecule has 1 heterocycles. The number of aromatic carboxylic acids is 1. The molecule has 33 heavy (non-hydrogen) atoms. The molecule has 9 nitrogen and oxygen atoms in total. The second kappa shape index (κ2) is 10.4. The summed E-state index contributed by atoms with van der Waals surface area (Å²) in [5.41, 5.74) is 0.617. The van der Waals surface area contributed by atoms with Gasteiger partial charge in [0.15, 0.2) is 11.5 Å². The Kier molecular flexibility index (Phi) is 7.56. The normalized spacial score (nSPS) is 14.5. The van der Waals surface area contributed by atoms with Gasteiger partial charge >= 0.3 is 5.97 Å². The van der Waals surface area contributed by atoms with Gasteiger partial charge in [-0.2, -0.15) is 0 Å². The minimum absolute atomic E-state index is 0.0562. The van der Waals surface area contributed by atoms with Crippen LogP contribution in [0, 0.1) is 0 Å². The molecule has 0 aliphatic carbocycles. The second-order valence-corrected chi connectivity index (χ2v) is 8.46. The number of phenols is 1. The molecule has 2 aromatic carbocycles. The van der Waals surface area contributed by atoms with Gasteiger partial charge in [0.1, 0.15) is 15.6 Å². The van der Waals surface area contributed by atoms with Gasteiger partial charge in [0.05, 0.1) is 19.1 Å². The van der Waals surface area contributed by atoms with Gasteiger partial charge in [0.25, 0.3) is 5.91 Å². The summed E-state index contributed by atoms with van der Waals surface area (Å²) in [6, 6.07) is 8.97. The van der Waals surface area contributed by atoms with Crippen molar-refractivity contribution in [1.29, 1.82) is 0 Å². The number of rotatable bonds is 8. The van der Waals surface area contributed by atoms with Gasteiger partial charge in [0.2, 0.25) is 5.91 Å². The second-order valence-electron chi connectivity index (χ2n) is 6.78. The van der Waals surface area contributed by atoms with E-state index in [0.29, 0.717) is 20.7 Å². The number of methoxy groups -OCH3 is 2. The van der Waals surface area contributed by atoms with Gasteiger partial charge in [-0.1, -0.05) is 30.0 Å². The number of anilines is 1. The van der Waals surface area contributed by atoms with Crippen molar-refractivity contribution in [3.8, 4) is 17.2 Å². The molecule has 0 saturated carbocycles. The molecule has 1 fully saturated rings. The van der Waals surface area contributed by atoms with E-state index in [0.717, 1.165) is 23.4 Å². The fourth-order valence-electron chi connectivity index (χ4n) is 3.01. The van der Waals surface area contributed by atoms with E-state index in [9.17, 15) is 19.5 Å². The topological polar surface area (TPSA) is 125 Å². The molecule has 0 radical (unpaired) electrons. The predicted octanol–water partition coefficient (Wildman–Crippen LogP) is 3.34. The van der Waals surface area contributed by atoms with Crippen LogP contribution in [-0.2, 0) is 9.59 Å². The standard InChI is InChI=1S/C22H20N2O7S2/c1-30-16-6-3-12(9-17(16)31-2)10-18-20(27)24(22(32)33-18)8-7-19(26)23-13-4-5-15(25)14(11-13)21(28)29/h3-6,9-11,25H,7-8H2,1-2H3,(H,23,26)(H,28,29). The Bertz CT molecular complexity index is 1160. The first-order chi connectivity index (χ1) is 15.7. The zero-order valence-corrected chi connectivity index (χ0v) is 19.3. The third-order valence-corrected chi connectivity index (χ3v) is 6.03. The molecule has 2 aromatic rings. The average Bonchev–Trinajstić information content (AvgIpc) is 3.05. The van der Waals surface area contributed by atoms with Gasteiger partial charge in [-0.05, 0) is 42.0 Å². The molecule has 3 N–H and O–H groups in total. The molecule has 172 valence electrons. The van der Waals surface area contributed by atoms with Crippen molar-refractivity contribution in [2.75, 3.05) is 26.1 Å². The Morgan fingerprint density at radius 3 is 2.55 bits per heavy atom. The molecular weight excluding hydrogens is 468 g/mol. The number of ether oxygens (including phenoxy) is 2. The summed E-state index contributed by atoms with van der Waals surface area (Å²) in [6.45, 7) is 0.0592. The molecule has 0 spiro atoms. The van der Waals surface area contributed by atoms with Gasteiger partial charge in [-0.3, -0.25) is 14.5 Å². The van der Waals surface area contributed by atoms with Crippen LogP contribution >= 0.6 is 24.0 Å². The summed E-state index contributed by atoms with van der Waals surface area (Å²) >= 11 is 6.43. The Morgan fingerprint density at radius 2 is 1.88 bits per heavy atom. The first-order valence-electron chi connectivity index (χ1n) is 9.57. The Balaban J connectivity index is 1.64. The number of nitrogens with zero attached hydrogens (tertiary/aromatic N) is 1. The highest BCUT2D eigenvalue weighted by molar-refractivity contribution is 8.26. The van der Waals surface area contributed by atoms with Crippen molar-refractivity contribution in [1.82, 2.24) is 4.90 Å². The van der Waals surface area contributed by atoms with Gasteiger partial charge in [-0.15, -0.1) is 0 Å². The van der Waals surface area contributed by atoms with Crippen LogP contribution < -0.4 is 14.8 Å². The maximum atomic E-state index is 12.8. The van der Waals surface area contributed by atoms with Crippen LogP contribution in [0.1, 0.15) is 22.3 Å². The molecule has 1 aliphatic heterocycles. The van der Waals surface area contributed by atoms with Crippen LogP contribution in [0.25, 0.3) is 6.08 Å². The quantitative estimate of drug-likeness (QED) is 0.291. The lowest BCUT2D eigenvalue weighted by Crippen LogP contribution is -2.31. The molecule has 0 bridgehead atoms. The highest BCUT2D eigenvalue weighted by atomic mass is 32.2. The molecule has 0 atom stereocenters. The van der Waals surface area contributed by atoms with E-state index in [1.54, 1.807) is 24.3 Å². The largest absolute Gasteiger partial charge is 0.507 e. The number of carboxylic acids is 1. The molecule has 0 unspecified atom stereocenters. The lowest BCUT2D eigenvalue weighted by Gasteiger charge is -2.14. The van der Waals surface area contributed by atoms with E-state index in [2.05, 4.69) is 5.32 Å². The third-order valence-electron chi connectivity index (χ3n) is 4.65. The summed E-state index contributed by atoms with van der Waals surface area (Å²) in [4.78, 5) is 38.0. The number of aromatic hydroxyl groups is 1. The molecule has 11 heteroatoms. The van der Waals surface area contributed by atoms with Crippen LogP contribution in [0.3, 0.4) is 0 Å². The molecule has 0 aromatic heterocycles. The summed E-state index contributed by atoms with van der Waals surface area (Å²) in [6.07, 6.45) is 1.63. The maximum Gasteiger partial charge on any atom is 0.339 e. The number of carbonyl (C=O) groups excluding carboxylic acids is 2. The molecule has 1 saturated heterocycles. The Morgan fingerprint density at radius 1 is 1.15 bits per heavy atom. The van der Waals surface area contributed by atoms with Crippen LogP contribution in [0.5, 0.6) is 17.2 Å². The zero-order valence-electron chi connectivity index (χ0n) is 17.7. The van der Waals surface area contributed by atoms with E-state index in [1.165, 1.54) is 31.3 Å². The summed E-state index contributed by atoms with van der Waals surface area (Å²) in [7, 11) is 3.05. The van der Waals surface area contributed by atoms with Crippen LogP contribution in [0.15, 0.2) is 41.3 Å². The highest BCUT2D eigenvalue weighted by Crippen LogP contribution is 2.34. The number of carboxylic acid groups (broad SMARTS) is 1. The molecule has 1 aliphatic rings. The van der Waals surface area contributed by atoms with Crippen molar-refractivity contribution in [2.45, 2.75) is 6.42 Å². The number of nitrogens with one attached hydrogen (secondary N) is 1. The summed E-state index contributed by atoms with van der Waals surface area (Å²) in [5, 5.41) is 21.2. The average molecular weight is 489 g/mol. The van der Waals surface area contributed by atoms with Crippen LogP contribution in [0.4, 0.5) is 5.69 Å². The van der Waals surface area contributed by atoms with E-state index in [1.807, 2.05) is 0 Å². The first kappa shape index (κ1) is 24.1. The molecule has 3 rings (SSSR count). The number of amides is 2. The number of hydrogen-bond donors (Lipinski definition) is 3. The lowest BCUT2D eigenvalue weighted by atomic mass is 10.1. The van der Waals surface area contributed by atoms with E-state index in [4.69, 9.17) is 26.8 Å². The fourth-order valence-corrected chi connectivity index (χ4v) is 4.32. The summed E-state index contributed by atoms with van der Waals surface area (Å²) in [5.74, 6) is -1.38. The van der Waals surface area contributed by atoms with Gasteiger partial charge in [0, 0.05) is 18.7 Å². The Hall–Kier alpha value is -3.57. The van der Waals surface area contributed by atoms with E-state index < -0.39 is 17.6 Å².